The van der Waals surface area contributed by atoms with Crippen molar-refractivity contribution in [3.8, 4) is 11.5 Å². The van der Waals surface area contributed by atoms with Gasteiger partial charge in [-0.15, -0.1) is 0 Å². The van der Waals surface area contributed by atoms with Gasteiger partial charge >= 0.3 is 0 Å². The minimum absolute atomic E-state index is 0. The number of hydrogen-bond donors (Lipinski definition) is 0. The van der Waals surface area contributed by atoms with Crippen LogP contribution in [0.4, 0.5) is 0 Å². The first-order valence-electron chi connectivity index (χ1n) is 5.56. The van der Waals surface area contributed by atoms with Crippen LogP contribution >= 0.6 is 9.90 Å². The summed E-state index contributed by atoms with van der Waals surface area (Å²) in [6.45, 7) is 4.49. The third-order valence-corrected chi connectivity index (χ3v) is 3.34. The quantitative estimate of drug-likeness (QED) is 0.632. The first kappa shape index (κ1) is 12.1. The van der Waals surface area contributed by atoms with Crippen molar-refractivity contribution in [2.45, 2.75) is 19.3 Å². The van der Waals surface area contributed by atoms with Gasteiger partial charge in [0.2, 0.25) is 0 Å². The highest BCUT2D eigenvalue weighted by atomic mass is 31.0. The number of fused-ring (bicyclic) bond motifs is 2. The topological polar surface area (TPSA) is 9.23 Å². The Bertz CT molecular complexity index is 499. The molecule has 0 amide bonds. The molecular weight excluding hydrogens is 227 g/mol. The molecule has 2 aromatic rings. The Morgan fingerprint density at radius 1 is 0.765 bits per heavy atom. The van der Waals surface area contributed by atoms with E-state index in [4.69, 9.17) is 4.74 Å². The summed E-state index contributed by atoms with van der Waals surface area (Å²) in [6, 6.07) is 16.5. The maximum atomic E-state index is 5.91. The number of benzene rings is 2. The molecule has 0 spiro atoms. The van der Waals surface area contributed by atoms with Crippen LogP contribution in [-0.4, -0.2) is 0 Å². The monoisotopic (exact) mass is 244 g/mol. The van der Waals surface area contributed by atoms with Gasteiger partial charge in [-0.05, 0) is 12.1 Å². The van der Waals surface area contributed by atoms with Gasteiger partial charge in [0.15, 0.2) is 0 Å². The third-order valence-electron chi connectivity index (χ3n) is 3.34. The number of rotatable bonds is 0. The molecule has 1 nitrogen and oxygen atoms in total. The van der Waals surface area contributed by atoms with Crippen molar-refractivity contribution in [2.24, 2.45) is 0 Å². The van der Waals surface area contributed by atoms with Crippen LogP contribution in [0, 0.1) is 0 Å². The van der Waals surface area contributed by atoms with Crippen molar-refractivity contribution in [3.05, 3.63) is 59.7 Å². The molecule has 0 N–H and O–H groups in total. The second-order valence-electron chi connectivity index (χ2n) is 4.72. The second kappa shape index (κ2) is 4.16. The lowest BCUT2D eigenvalue weighted by atomic mass is 9.76. The zero-order chi connectivity index (χ0) is 11.2. The highest BCUT2D eigenvalue weighted by Crippen LogP contribution is 2.47. The molecule has 3 rings (SSSR count). The molecule has 1 aliphatic heterocycles. The molecule has 0 bridgehead atoms. The van der Waals surface area contributed by atoms with Crippen molar-refractivity contribution >= 4 is 9.90 Å². The Labute approximate surface area is 105 Å². The number of hydrogen-bond acceptors (Lipinski definition) is 1. The molecule has 17 heavy (non-hydrogen) atoms. The van der Waals surface area contributed by atoms with Crippen LogP contribution in [0.2, 0.25) is 0 Å². The van der Waals surface area contributed by atoms with Crippen molar-refractivity contribution in [2.75, 3.05) is 0 Å². The van der Waals surface area contributed by atoms with E-state index in [9.17, 15) is 0 Å². The molecule has 0 radical (unpaired) electrons. The minimum Gasteiger partial charge on any atom is -0.457 e. The van der Waals surface area contributed by atoms with Crippen molar-refractivity contribution in [1.29, 1.82) is 0 Å². The average molecular weight is 244 g/mol. The van der Waals surface area contributed by atoms with E-state index in [1.54, 1.807) is 0 Å². The summed E-state index contributed by atoms with van der Waals surface area (Å²) in [6.07, 6.45) is 0. The Kier molecular flexibility index (Phi) is 2.97. The van der Waals surface area contributed by atoms with Crippen LogP contribution in [0.1, 0.15) is 25.0 Å². The van der Waals surface area contributed by atoms with E-state index in [2.05, 4.69) is 38.1 Å². The smallest absolute Gasteiger partial charge is 0.131 e. The molecular formula is C15H17OP. The fourth-order valence-electron chi connectivity index (χ4n) is 2.41. The van der Waals surface area contributed by atoms with Gasteiger partial charge < -0.3 is 4.74 Å². The van der Waals surface area contributed by atoms with E-state index in [1.165, 1.54) is 11.1 Å². The molecule has 1 aliphatic rings. The lowest BCUT2D eigenvalue weighted by Gasteiger charge is -2.34. The molecule has 2 aromatic carbocycles. The van der Waals surface area contributed by atoms with Crippen molar-refractivity contribution in [1.82, 2.24) is 0 Å². The summed E-state index contributed by atoms with van der Waals surface area (Å²) < 4.78 is 5.91. The second-order valence-corrected chi connectivity index (χ2v) is 4.72. The van der Waals surface area contributed by atoms with Gasteiger partial charge in [0.25, 0.3) is 0 Å². The van der Waals surface area contributed by atoms with Gasteiger partial charge in [0, 0.05) is 16.5 Å². The minimum atomic E-state index is 0. The molecule has 0 aromatic heterocycles. The molecule has 1 unspecified atom stereocenters. The molecule has 0 fully saturated rings. The Balaban J connectivity index is 0.00000108. The molecule has 88 valence electrons. The van der Waals surface area contributed by atoms with Crippen LogP contribution in [0.25, 0.3) is 0 Å². The van der Waals surface area contributed by atoms with Crippen LogP contribution in [0.5, 0.6) is 11.5 Å². The zero-order valence-electron chi connectivity index (χ0n) is 10.2. The summed E-state index contributed by atoms with van der Waals surface area (Å²) in [7, 11) is 0. The van der Waals surface area contributed by atoms with Crippen molar-refractivity contribution < 1.29 is 4.74 Å². The first-order valence-corrected chi connectivity index (χ1v) is 5.56. The molecule has 0 saturated heterocycles. The summed E-state index contributed by atoms with van der Waals surface area (Å²) in [5.41, 5.74) is 2.54. The summed E-state index contributed by atoms with van der Waals surface area (Å²) >= 11 is 0. The third kappa shape index (κ3) is 1.75. The van der Waals surface area contributed by atoms with E-state index in [0.29, 0.717) is 0 Å². The Morgan fingerprint density at radius 2 is 1.18 bits per heavy atom. The van der Waals surface area contributed by atoms with E-state index in [1.807, 2.05) is 24.3 Å². The zero-order valence-corrected chi connectivity index (χ0v) is 11.6. The SMILES string of the molecule is CC1(C)c2ccccc2Oc2ccccc21.P. The largest absolute Gasteiger partial charge is 0.457 e. The number of ether oxygens (including phenoxy) is 1. The predicted octanol–water partition coefficient (Wildman–Crippen LogP) is 4.18. The van der Waals surface area contributed by atoms with E-state index in [0.717, 1.165) is 11.5 Å². The summed E-state index contributed by atoms with van der Waals surface area (Å²) in [5.74, 6) is 1.96. The maximum Gasteiger partial charge on any atom is 0.131 e. The molecule has 1 atom stereocenters. The average Bonchev–Trinajstić information content (AvgIpc) is 2.29. The Morgan fingerprint density at radius 3 is 1.65 bits per heavy atom. The lowest BCUT2D eigenvalue weighted by Crippen LogP contribution is -2.23. The Hall–Kier alpha value is -1.33. The van der Waals surface area contributed by atoms with Gasteiger partial charge in [-0.3, -0.25) is 0 Å². The molecule has 1 heterocycles. The maximum absolute atomic E-state index is 5.91. The lowest BCUT2D eigenvalue weighted by molar-refractivity contribution is 0.418. The first-order chi connectivity index (χ1) is 7.69. The van der Waals surface area contributed by atoms with E-state index < -0.39 is 0 Å². The van der Waals surface area contributed by atoms with E-state index >= 15 is 0 Å². The van der Waals surface area contributed by atoms with Gasteiger partial charge in [0.1, 0.15) is 11.5 Å². The van der Waals surface area contributed by atoms with Gasteiger partial charge in [-0.1, -0.05) is 50.2 Å². The van der Waals surface area contributed by atoms with Gasteiger partial charge in [-0.25, -0.2) is 0 Å². The molecule has 0 saturated carbocycles. The highest BCUT2D eigenvalue weighted by Gasteiger charge is 2.33. The van der Waals surface area contributed by atoms with Crippen LogP contribution in [0.3, 0.4) is 0 Å². The van der Waals surface area contributed by atoms with E-state index in [-0.39, 0.29) is 15.3 Å². The fourth-order valence-corrected chi connectivity index (χ4v) is 2.41. The highest BCUT2D eigenvalue weighted by molar-refractivity contribution is 6.92. The summed E-state index contributed by atoms with van der Waals surface area (Å²) in [5, 5.41) is 0. The van der Waals surface area contributed by atoms with Crippen LogP contribution in [0.15, 0.2) is 48.5 Å². The molecule has 2 heteroatoms. The van der Waals surface area contributed by atoms with Gasteiger partial charge in [0.05, 0.1) is 0 Å². The van der Waals surface area contributed by atoms with Crippen LogP contribution < -0.4 is 4.74 Å². The van der Waals surface area contributed by atoms with Crippen molar-refractivity contribution in [3.63, 3.8) is 0 Å². The number of para-hydroxylation sites is 2. The van der Waals surface area contributed by atoms with Gasteiger partial charge in [-0.2, -0.15) is 9.90 Å². The normalized spacial score (nSPS) is 14.9. The molecule has 0 aliphatic carbocycles. The predicted molar refractivity (Wildman–Crippen MR) is 76.2 cm³/mol. The standard InChI is InChI=1S/C15H14O.H3P/c1-15(2)11-7-3-5-9-13(11)16-14-10-6-4-8-12(14)15;/h3-10H,1-2H3;1H3. The summed E-state index contributed by atoms with van der Waals surface area (Å²) in [4.78, 5) is 0. The fraction of sp³-hybridized carbons (Fsp3) is 0.200. The van der Waals surface area contributed by atoms with Crippen LogP contribution in [-0.2, 0) is 5.41 Å².